The Morgan fingerprint density at radius 1 is 1.18 bits per heavy atom. The van der Waals surface area contributed by atoms with Gasteiger partial charge in [0.2, 0.25) is 0 Å². The number of aromatic nitrogens is 2. The molecule has 2 aromatic carbocycles. The number of carbonyl (C=O) groups excluding carboxylic acids is 1. The lowest BCUT2D eigenvalue weighted by molar-refractivity contribution is -0.107. The number of likely N-dealkylation sites (N-methyl/N-ethyl adjacent to an activating group) is 1. The van der Waals surface area contributed by atoms with Crippen molar-refractivity contribution in [3.8, 4) is 0 Å². The van der Waals surface area contributed by atoms with Gasteiger partial charge in [-0.3, -0.25) is 4.98 Å². The Balaban J connectivity index is 0.000000194. The number of hydrogen-bond donors (Lipinski definition) is 2. The fourth-order valence-electron chi connectivity index (χ4n) is 3.44. The van der Waals surface area contributed by atoms with E-state index in [4.69, 9.17) is 0 Å². The Bertz CT molecular complexity index is 1240. The van der Waals surface area contributed by atoms with Crippen molar-refractivity contribution in [2.45, 2.75) is 18.9 Å². The molecular formula is C24H21BrF2N4O2. The number of benzene rings is 2. The molecule has 2 N–H and O–H groups in total. The van der Waals surface area contributed by atoms with Crippen LogP contribution in [0.15, 0.2) is 70.6 Å². The third-order valence-corrected chi connectivity index (χ3v) is 5.66. The van der Waals surface area contributed by atoms with Crippen LogP contribution in [0, 0.1) is 16.5 Å². The van der Waals surface area contributed by atoms with E-state index in [2.05, 4.69) is 36.4 Å². The summed E-state index contributed by atoms with van der Waals surface area (Å²) in [4.78, 5) is 28.0. The minimum atomic E-state index is -0.565. The van der Waals surface area contributed by atoms with Gasteiger partial charge in [0.25, 0.3) is 0 Å². The minimum absolute atomic E-state index is 0.114. The first kappa shape index (κ1) is 24.3. The number of hydrogen-bond acceptors (Lipinski definition) is 5. The smallest absolute Gasteiger partial charge is 0.126 e. The van der Waals surface area contributed by atoms with Gasteiger partial charge in [-0.15, -0.1) is 4.91 Å². The molecule has 0 amide bonds. The number of aldehydes is 1. The van der Waals surface area contributed by atoms with Crippen LogP contribution in [0.25, 0.3) is 10.9 Å². The first-order chi connectivity index (χ1) is 15.9. The van der Waals surface area contributed by atoms with Gasteiger partial charge in [0.1, 0.15) is 23.6 Å². The quantitative estimate of drug-likeness (QED) is 0.236. The highest BCUT2D eigenvalue weighted by molar-refractivity contribution is 9.10. The van der Waals surface area contributed by atoms with E-state index in [0.717, 1.165) is 39.0 Å². The van der Waals surface area contributed by atoms with Crippen molar-refractivity contribution in [1.82, 2.24) is 15.3 Å². The van der Waals surface area contributed by atoms with Crippen molar-refractivity contribution in [2.75, 3.05) is 7.05 Å². The van der Waals surface area contributed by atoms with E-state index in [1.54, 1.807) is 37.6 Å². The summed E-state index contributed by atoms with van der Waals surface area (Å²) >= 11 is 3.43. The second-order valence-electron chi connectivity index (χ2n) is 7.20. The summed E-state index contributed by atoms with van der Waals surface area (Å²) in [5.41, 5.74) is 3.59. The number of nitroso groups, excluding NO2 is 1. The average molecular weight is 515 g/mol. The van der Waals surface area contributed by atoms with E-state index in [-0.39, 0.29) is 6.04 Å². The monoisotopic (exact) mass is 514 g/mol. The van der Waals surface area contributed by atoms with Crippen LogP contribution >= 0.6 is 15.9 Å². The van der Waals surface area contributed by atoms with Gasteiger partial charge in [-0.2, -0.15) is 0 Å². The number of nitrogens with one attached hydrogen (secondary N) is 2. The van der Waals surface area contributed by atoms with Crippen molar-refractivity contribution in [2.24, 2.45) is 5.18 Å². The molecular weight excluding hydrogens is 494 g/mol. The van der Waals surface area contributed by atoms with Crippen LogP contribution in [-0.2, 0) is 17.6 Å². The lowest BCUT2D eigenvalue weighted by atomic mass is 10.0. The van der Waals surface area contributed by atoms with E-state index in [1.807, 2.05) is 12.1 Å². The molecule has 4 rings (SSSR count). The summed E-state index contributed by atoms with van der Waals surface area (Å²) in [6.45, 7) is 0. The summed E-state index contributed by atoms with van der Waals surface area (Å²) in [5, 5.41) is 6.84. The molecule has 0 spiro atoms. The van der Waals surface area contributed by atoms with Gasteiger partial charge >= 0.3 is 0 Å². The van der Waals surface area contributed by atoms with Crippen LogP contribution in [0.3, 0.4) is 0 Å². The first-order valence-electron chi connectivity index (χ1n) is 10.0. The molecule has 170 valence electrons. The van der Waals surface area contributed by atoms with Gasteiger partial charge in [-0.05, 0) is 88.2 Å². The summed E-state index contributed by atoms with van der Waals surface area (Å²) in [5.74, 6) is -1.13. The van der Waals surface area contributed by atoms with Crippen LogP contribution in [-0.4, -0.2) is 23.3 Å². The maximum Gasteiger partial charge on any atom is 0.126 e. The molecule has 1 unspecified atom stereocenters. The Morgan fingerprint density at radius 3 is 2.58 bits per heavy atom. The Morgan fingerprint density at radius 2 is 1.94 bits per heavy atom. The standard InChI is InChI=1S/C14H13BrF2N2.C10H8N2O2/c1-18-13(14-12(15)3-2-4-19-14)7-9-5-10(16)8-11(17)6-9;13-4-3-7-6-11-10-2-1-8(12-14)5-9(7)10/h2-6,8,13,18H,7H2,1H3;1-2,4-6,11H,3H2. The second kappa shape index (κ2) is 11.5. The summed E-state index contributed by atoms with van der Waals surface area (Å²) in [6, 6.07) is 12.2. The second-order valence-corrected chi connectivity index (χ2v) is 8.05. The molecule has 33 heavy (non-hydrogen) atoms. The number of nitrogens with zero attached hydrogens (tertiary/aromatic N) is 2. The van der Waals surface area contributed by atoms with Crippen molar-refractivity contribution < 1.29 is 13.6 Å². The highest BCUT2D eigenvalue weighted by Gasteiger charge is 2.15. The zero-order valence-electron chi connectivity index (χ0n) is 17.7. The SMILES string of the molecule is CNC(Cc1cc(F)cc(F)c1)c1ncccc1Br.O=CCc1c[nH]c2ccc(N=O)cc12. The van der Waals surface area contributed by atoms with Crippen LogP contribution in [0.2, 0.25) is 0 Å². The minimum Gasteiger partial charge on any atom is -0.361 e. The predicted octanol–water partition coefficient (Wildman–Crippen LogP) is 5.93. The molecule has 1 atom stereocenters. The van der Waals surface area contributed by atoms with Crippen molar-refractivity contribution in [1.29, 1.82) is 0 Å². The normalized spacial score (nSPS) is 11.5. The molecule has 2 heterocycles. The molecule has 0 radical (unpaired) electrons. The van der Waals surface area contributed by atoms with Crippen LogP contribution < -0.4 is 5.32 Å². The van der Waals surface area contributed by atoms with Gasteiger partial charge in [-0.25, -0.2) is 8.78 Å². The first-order valence-corrected chi connectivity index (χ1v) is 10.8. The summed E-state index contributed by atoms with van der Waals surface area (Å²) in [7, 11) is 1.79. The lowest BCUT2D eigenvalue weighted by Crippen LogP contribution is -2.20. The van der Waals surface area contributed by atoms with Crippen LogP contribution in [0.1, 0.15) is 22.9 Å². The number of aromatic amines is 1. The Hall–Kier alpha value is -3.30. The van der Waals surface area contributed by atoms with Gasteiger partial charge in [0.05, 0.1) is 11.7 Å². The molecule has 4 aromatic rings. The number of carbonyl (C=O) groups is 1. The third-order valence-electron chi connectivity index (χ3n) is 4.99. The average Bonchev–Trinajstić information content (AvgIpc) is 3.20. The van der Waals surface area contributed by atoms with E-state index in [1.165, 1.54) is 12.1 Å². The molecule has 0 aliphatic heterocycles. The fourth-order valence-corrected chi connectivity index (χ4v) is 3.97. The van der Waals surface area contributed by atoms with Gasteiger partial charge < -0.3 is 15.1 Å². The highest BCUT2D eigenvalue weighted by atomic mass is 79.9. The Labute approximate surface area is 197 Å². The molecule has 0 aliphatic rings. The molecule has 0 bridgehead atoms. The molecule has 0 saturated heterocycles. The van der Waals surface area contributed by atoms with E-state index < -0.39 is 11.6 Å². The zero-order chi connectivity index (χ0) is 23.8. The predicted molar refractivity (Wildman–Crippen MR) is 127 cm³/mol. The maximum atomic E-state index is 13.2. The van der Waals surface area contributed by atoms with Gasteiger partial charge in [-0.1, -0.05) is 0 Å². The Kier molecular flexibility index (Phi) is 8.51. The van der Waals surface area contributed by atoms with Crippen LogP contribution in [0.5, 0.6) is 0 Å². The van der Waals surface area contributed by atoms with Crippen molar-refractivity contribution in [3.63, 3.8) is 0 Å². The number of pyridine rings is 1. The molecule has 0 saturated carbocycles. The van der Waals surface area contributed by atoms with E-state index >= 15 is 0 Å². The molecule has 0 fully saturated rings. The van der Waals surface area contributed by atoms with E-state index in [0.29, 0.717) is 24.1 Å². The number of H-pyrrole nitrogens is 1. The van der Waals surface area contributed by atoms with Crippen LogP contribution in [0.4, 0.5) is 14.5 Å². The molecule has 6 nitrogen and oxygen atoms in total. The third kappa shape index (κ3) is 6.36. The number of rotatable bonds is 7. The maximum absolute atomic E-state index is 13.2. The molecule has 0 aliphatic carbocycles. The zero-order valence-corrected chi connectivity index (χ0v) is 19.3. The number of halogens is 3. The van der Waals surface area contributed by atoms with Crippen molar-refractivity contribution >= 4 is 38.8 Å². The van der Waals surface area contributed by atoms with Gasteiger partial charge in [0.15, 0.2) is 0 Å². The fraction of sp³-hybridized carbons (Fsp3) is 0.167. The summed E-state index contributed by atoms with van der Waals surface area (Å²) < 4.78 is 27.2. The molecule has 9 heteroatoms. The van der Waals surface area contributed by atoms with Crippen molar-refractivity contribution in [3.05, 3.63) is 98.8 Å². The lowest BCUT2D eigenvalue weighted by Gasteiger charge is -2.17. The van der Waals surface area contributed by atoms with Gasteiger partial charge in [0, 0.05) is 40.3 Å². The highest BCUT2D eigenvalue weighted by Crippen LogP contribution is 2.25. The van der Waals surface area contributed by atoms with E-state index in [9.17, 15) is 18.5 Å². The largest absolute Gasteiger partial charge is 0.361 e. The molecule has 2 aromatic heterocycles. The summed E-state index contributed by atoms with van der Waals surface area (Å²) in [6.07, 6.45) is 5.11. The topological polar surface area (TPSA) is 87.2 Å². The number of fused-ring (bicyclic) bond motifs is 1.